The molecule has 0 aliphatic carbocycles. The van der Waals surface area contributed by atoms with Crippen LogP contribution in [0.25, 0.3) is 11.0 Å². The molecule has 156 valence electrons. The molecular formula is C19H15F3N4O4. The molecule has 0 fully saturated rings. The van der Waals surface area contributed by atoms with Crippen LogP contribution < -0.4 is 20.1 Å². The fourth-order valence-electron chi connectivity index (χ4n) is 3.05. The van der Waals surface area contributed by atoms with Crippen molar-refractivity contribution in [3.8, 4) is 11.5 Å². The quantitative estimate of drug-likeness (QED) is 0.679. The molecule has 1 aliphatic heterocycles. The summed E-state index contributed by atoms with van der Waals surface area (Å²) in [5.74, 6) is -1.19. The lowest BCUT2D eigenvalue weighted by Crippen LogP contribution is -2.37. The van der Waals surface area contributed by atoms with E-state index in [1.54, 1.807) is 18.2 Å². The first-order valence-corrected chi connectivity index (χ1v) is 8.84. The van der Waals surface area contributed by atoms with Gasteiger partial charge in [-0.15, -0.1) is 0 Å². The highest BCUT2D eigenvalue weighted by molar-refractivity contribution is 6.01. The number of aromatic nitrogens is 2. The van der Waals surface area contributed by atoms with Gasteiger partial charge in [-0.2, -0.15) is 13.2 Å². The van der Waals surface area contributed by atoms with E-state index in [0.717, 1.165) is 4.57 Å². The van der Waals surface area contributed by atoms with E-state index in [-0.39, 0.29) is 11.0 Å². The van der Waals surface area contributed by atoms with Crippen molar-refractivity contribution in [2.45, 2.75) is 12.7 Å². The lowest BCUT2D eigenvalue weighted by molar-refractivity contribution is -0.147. The Kier molecular flexibility index (Phi) is 4.94. The van der Waals surface area contributed by atoms with Gasteiger partial charge in [0.2, 0.25) is 11.7 Å². The second-order valence-corrected chi connectivity index (χ2v) is 6.37. The van der Waals surface area contributed by atoms with E-state index in [1.165, 1.54) is 24.3 Å². The number of imidazole rings is 1. The Morgan fingerprint density at radius 1 is 1.07 bits per heavy atom. The first-order valence-electron chi connectivity index (χ1n) is 8.84. The molecule has 4 rings (SSSR count). The molecule has 2 aromatic carbocycles. The summed E-state index contributed by atoms with van der Waals surface area (Å²) in [5, 5.41) is 4.44. The predicted molar refractivity (Wildman–Crippen MR) is 99.3 cm³/mol. The van der Waals surface area contributed by atoms with E-state index in [4.69, 9.17) is 9.47 Å². The van der Waals surface area contributed by atoms with Gasteiger partial charge in [0, 0.05) is 11.8 Å². The number of hydrogen-bond donors (Lipinski definition) is 2. The van der Waals surface area contributed by atoms with Crippen LogP contribution in [0.2, 0.25) is 0 Å². The molecule has 0 bridgehead atoms. The number of para-hydroxylation sites is 2. The molecule has 0 spiro atoms. The lowest BCUT2D eigenvalue weighted by atomic mass is 10.2. The van der Waals surface area contributed by atoms with Crippen molar-refractivity contribution < 1.29 is 32.2 Å². The van der Waals surface area contributed by atoms with Crippen LogP contribution in [-0.2, 0) is 17.5 Å². The average molecular weight is 420 g/mol. The van der Waals surface area contributed by atoms with E-state index >= 15 is 0 Å². The van der Waals surface area contributed by atoms with Gasteiger partial charge in [-0.3, -0.25) is 10.1 Å². The van der Waals surface area contributed by atoms with Crippen molar-refractivity contribution in [1.82, 2.24) is 14.9 Å². The zero-order valence-corrected chi connectivity index (χ0v) is 15.3. The number of amides is 3. The smallest absolute Gasteiger partial charge is 0.449 e. The summed E-state index contributed by atoms with van der Waals surface area (Å²) in [6.07, 6.45) is -4.76. The molecule has 0 atom stereocenters. The molecule has 2 heterocycles. The van der Waals surface area contributed by atoms with Crippen molar-refractivity contribution in [2.75, 3.05) is 18.5 Å². The van der Waals surface area contributed by atoms with Gasteiger partial charge in [0.25, 0.3) is 0 Å². The number of ether oxygens (including phenoxy) is 2. The molecular weight excluding hydrogens is 405 g/mol. The van der Waals surface area contributed by atoms with Gasteiger partial charge >= 0.3 is 12.2 Å². The summed E-state index contributed by atoms with van der Waals surface area (Å²) >= 11 is 0. The zero-order valence-electron chi connectivity index (χ0n) is 15.3. The molecule has 11 heteroatoms. The summed E-state index contributed by atoms with van der Waals surface area (Å²) in [4.78, 5) is 27.9. The number of alkyl halides is 3. The van der Waals surface area contributed by atoms with Crippen molar-refractivity contribution in [3.63, 3.8) is 0 Å². The summed E-state index contributed by atoms with van der Waals surface area (Å²) in [7, 11) is 0. The molecule has 1 aliphatic rings. The maximum Gasteiger partial charge on any atom is 0.449 e. The Balaban J connectivity index is 1.47. The Morgan fingerprint density at radius 3 is 2.57 bits per heavy atom. The number of carbonyl (C=O) groups is 2. The molecule has 0 unspecified atom stereocenters. The van der Waals surface area contributed by atoms with Crippen LogP contribution in [0.1, 0.15) is 5.82 Å². The third kappa shape index (κ3) is 4.00. The minimum absolute atomic E-state index is 0.0957. The number of halogens is 3. The maximum atomic E-state index is 13.3. The van der Waals surface area contributed by atoms with Gasteiger partial charge in [-0.25, -0.2) is 9.78 Å². The van der Waals surface area contributed by atoms with Crippen LogP contribution in [0.3, 0.4) is 0 Å². The molecule has 0 saturated carbocycles. The SMILES string of the molecule is O=C(Cn1c(C(F)(F)F)nc2ccccc21)NC(=O)Nc1ccc2c(c1)OCCO2. The van der Waals surface area contributed by atoms with Gasteiger partial charge in [-0.05, 0) is 24.3 Å². The minimum Gasteiger partial charge on any atom is -0.486 e. The third-order valence-electron chi connectivity index (χ3n) is 4.26. The molecule has 1 aromatic heterocycles. The monoisotopic (exact) mass is 420 g/mol. The number of nitrogens with zero attached hydrogens (tertiary/aromatic N) is 2. The number of fused-ring (bicyclic) bond motifs is 2. The van der Waals surface area contributed by atoms with Crippen molar-refractivity contribution in [1.29, 1.82) is 0 Å². The number of benzene rings is 2. The van der Waals surface area contributed by atoms with Crippen LogP contribution in [0.4, 0.5) is 23.7 Å². The summed E-state index contributed by atoms with van der Waals surface area (Å²) in [6.45, 7) is 0.0447. The normalized spacial score (nSPS) is 13.2. The van der Waals surface area contributed by atoms with Gasteiger partial charge in [0.15, 0.2) is 11.5 Å². The second kappa shape index (κ2) is 7.58. The van der Waals surface area contributed by atoms with E-state index in [9.17, 15) is 22.8 Å². The number of nitrogens with one attached hydrogen (secondary N) is 2. The second-order valence-electron chi connectivity index (χ2n) is 6.37. The first kappa shape index (κ1) is 19.6. The van der Waals surface area contributed by atoms with Gasteiger partial charge in [0.05, 0.1) is 11.0 Å². The molecule has 3 aromatic rings. The molecule has 3 amide bonds. The molecule has 0 radical (unpaired) electrons. The fourth-order valence-corrected chi connectivity index (χ4v) is 3.05. The van der Waals surface area contributed by atoms with Crippen LogP contribution in [-0.4, -0.2) is 34.7 Å². The summed E-state index contributed by atoms with van der Waals surface area (Å²) in [6, 6.07) is 9.67. The van der Waals surface area contributed by atoms with E-state index in [2.05, 4.69) is 10.3 Å². The number of carbonyl (C=O) groups excluding carboxylic acids is 2. The number of imide groups is 1. The zero-order chi connectivity index (χ0) is 21.3. The summed E-state index contributed by atoms with van der Waals surface area (Å²) < 4.78 is 51.4. The van der Waals surface area contributed by atoms with Crippen LogP contribution in [0, 0.1) is 0 Å². The van der Waals surface area contributed by atoms with Gasteiger partial charge < -0.3 is 19.4 Å². The Labute approximate surface area is 167 Å². The van der Waals surface area contributed by atoms with E-state index < -0.39 is 30.5 Å². The van der Waals surface area contributed by atoms with Crippen LogP contribution in [0.15, 0.2) is 42.5 Å². The van der Waals surface area contributed by atoms with Crippen molar-refractivity contribution >= 4 is 28.7 Å². The number of urea groups is 1. The highest BCUT2D eigenvalue weighted by Gasteiger charge is 2.38. The van der Waals surface area contributed by atoms with E-state index in [0.29, 0.717) is 30.4 Å². The highest BCUT2D eigenvalue weighted by atomic mass is 19.4. The standard InChI is InChI=1S/C19H15F3N4O4/c20-19(21,22)17-24-12-3-1-2-4-13(12)26(17)10-16(27)25-18(28)23-11-5-6-14-15(9-11)30-8-7-29-14/h1-6,9H,7-8,10H2,(H2,23,25,27,28). The third-order valence-corrected chi connectivity index (χ3v) is 4.26. The fraction of sp³-hybridized carbons (Fsp3) is 0.211. The predicted octanol–water partition coefficient (Wildman–Crippen LogP) is 3.17. The largest absolute Gasteiger partial charge is 0.486 e. The summed E-state index contributed by atoms with van der Waals surface area (Å²) in [5.41, 5.74) is 0.555. The molecule has 0 saturated heterocycles. The Hall–Kier alpha value is -3.76. The van der Waals surface area contributed by atoms with Crippen molar-refractivity contribution in [2.24, 2.45) is 0 Å². The van der Waals surface area contributed by atoms with E-state index in [1.807, 2.05) is 5.32 Å². The molecule has 30 heavy (non-hydrogen) atoms. The molecule has 2 N–H and O–H groups in total. The van der Waals surface area contributed by atoms with Crippen LogP contribution >= 0.6 is 0 Å². The van der Waals surface area contributed by atoms with Gasteiger partial charge in [-0.1, -0.05) is 12.1 Å². The lowest BCUT2D eigenvalue weighted by Gasteiger charge is -2.19. The minimum atomic E-state index is -4.76. The Bertz CT molecular complexity index is 1130. The van der Waals surface area contributed by atoms with Gasteiger partial charge in [0.1, 0.15) is 19.8 Å². The number of hydrogen-bond acceptors (Lipinski definition) is 5. The van der Waals surface area contributed by atoms with Crippen LogP contribution in [0.5, 0.6) is 11.5 Å². The molecule has 8 nitrogen and oxygen atoms in total. The average Bonchev–Trinajstić information content (AvgIpc) is 3.06. The maximum absolute atomic E-state index is 13.3. The van der Waals surface area contributed by atoms with Crippen molar-refractivity contribution in [3.05, 3.63) is 48.3 Å². The number of anilines is 1. The highest BCUT2D eigenvalue weighted by Crippen LogP contribution is 2.33. The Morgan fingerprint density at radius 2 is 1.80 bits per heavy atom. The topological polar surface area (TPSA) is 94.5 Å². The number of rotatable bonds is 3. The first-order chi connectivity index (χ1) is 14.3.